The minimum Gasteiger partial charge on any atom is -0.456 e. The van der Waals surface area contributed by atoms with Crippen molar-refractivity contribution in [2.45, 2.75) is 15.2 Å². The second-order valence-corrected chi connectivity index (χ2v) is 21.3. The minimum atomic E-state index is -3.44. The number of benzene rings is 10. The monoisotopic (exact) mass is 894 g/mol. The van der Waals surface area contributed by atoms with Crippen LogP contribution in [0.5, 0.6) is 0 Å². The van der Waals surface area contributed by atoms with E-state index in [0.29, 0.717) is 0 Å². The van der Waals surface area contributed by atoms with Crippen molar-refractivity contribution in [3.8, 4) is 5.69 Å². The fourth-order valence-electron chi connectivity index (χ4n) is 11.3. The summed E-state index contributed by atoms with van der Waals surface area (Å²) in [6, 6.07) is 83.9. The Kier molecular flexibility index (Phi) is 8.37. The molecular weight excluding hydrogens is 856 g/mol. The molecule has 14 rings (SSSR count). The Balaban J connectivity index is 1.03. The average Bonchev–Trinajstić information content (AvgIpc) is 3.93. The fourth-order valence-corrected chi connectivity index (χ4v) is 15.7. The van der Waals surface area contributed by atoms with Gasteiger partial charge >= 0.3 is 0 Å². The van der Waals surface area contributed by atoms with Crippen LogP contribution in [-0.4, -0.2) is 4.57 Å². The van der Waals surface area contributed by atoms with Gasteiger partial charge < -0.3 is 18.4 Å². The molecule has 4 nitrogen and oxygen atoms in total. The minimum absolute atomic E-state index is 0.741. The standard InChI is InChI=1S/C61H39N2O2PS/c64-66(44-22-8-3-9-23-44)57-30-16-12-26-49(57)61(52-38-48-46-25-11-15-29-55(46)65-56(48)39-58(52)66)50-27-13-17-31-59(50)67-60-37-43(32-34-51(60)61)63-53-28-14-10-24-45(53)47-36-42(33-35-54(47)63)62(40-18-4-1-5-19-40)41-20-6-2-7-21-41/h1-39H. The molecule has 2 aromatic heterocycles. The Hall–Kier alpha value is -7.82. The maximum Gasteiger partial charge on any atom is 0.171 e. The number of aromatic nitrogens is 1. The van der Waals surface area contributed by atoms with Crippen LogP contribution >= 0.6 is 18.9 Å². The quantitative estimate of drug-likeness (QED) is 0.161. The summed E-state index contributed by atoms with van der Waals surface area (Å²) in [4.78, 5) is 4.66. The zero-order valence-corrected chi connectivity index (χ0v) is 37.8. The fraction of sp³-hybridized carbons (Fsp3) is 0.0164. The third-order valence-corrected chi connectivity index (χ3v) is 18.4. The number of para-hydroxylation sites is 4. The number of hydrogen-bond donors (Lipinski definition) is 0. The number of fused-ring (bicyclic) bond motifs is 14. The van der Waals surface area contributed by atoms with E-state index in [1.54, 1.807) is 0 Å². The van der Waals surface area contributed by atoms with Gasteiger partial charge in [0, 0.05) is 70.0 Å². The SMILES string of the molecule is O=P1(c2ccccc2)c2ccccc2C2(c3ccccc3Sc3cc(-n4c5ccccc5c5cc(N(c6ccccc6)c6ccccc6)ccc54)ccc32)c2cc3c(cc21)oc1ccccc13. The van der Waals surface area contributed by atoms with Gasteiger partial charge in [0.1, 0.15) is 11.2 Å². The van der Waals surface area contributed by atoms with Crippen LogP contribution in [0.2, 0.25) is 0 Å². The van der Waals surface area contributed by atoms with Crippen LogP contribution < -0.4 is 20.8 Å². The van der Waals surface area contributed by atoms with E-state index >= 15 is 4.57 Å². The van der Waals surface area contributed by atoms with E-state index in [9.17, 15) is 0 Å². The molecule has 2 unspecified atom stereocenters. The second-order valence-electron chi connectivity index (χ2n) is 17.5. The number of furan rings is 1. The Labute approximate surface area is 391 Å². The summed E-state index contributed by atoms with van der Waals surface area (Å²) >= 11 is 1.82. The molecular formula is C61H39N2O2PS. The molecule has 0 bridgehead atoms. The summed E-state index contributed by atoms with van der Waals surface area (Å²) in [6.45, 7) is 0. The highest BCUT2D eigenvalue weighted by molar-refractivity contribution is 7.99. The molecule has 6 heteroatoms. The van der Waals surface area contributed by atoms with E-state index in [1.807, 2.05) is 60.3 Å². The zero-order chi connectivity index (χ0) is 44.3. The lowest BCUT2D eigenvalue weighted by atomic mass is 9.64. The van der Waals surface area contributed by atoms with Gasteiger partial charge in [-0.1, -0.05) is 163 Å². The van der Waals surface area contributed by atoms with Gasteiger partial charge in [0.05, 0.1) is 16.4 Å². The summed E-state index contributed by atoms with van der Waals surface area (Å²) in [5.41, 5.74) is 11.8. The molecule has 0 aliphatic carbocycles. The normalized spacial score (nSPS) is 17.1. The van der Waals surface area contributed by atoms with Gasteiger partial charge in [0.15, 0.2) is 7.14 Å². The zero-order valence-electron chi connectivity index (χ0n) is 36.1. The highest BCUT2D eigenvalue weighted by Gasteiger charge is 2.54. The van der Waals surface area contributed by atoms with Crippen LogP contribution in [0.15, 0.2) is 251 Å². The van der Waals surface area contributed by atoms with Crippen molar-refractivity contribution in [1.82, 2.24) is 4.57 Å². The second kappa shape index (κ2) is 14.6. The molecule has 1 spiro atoms. The molecule has 0 amide bonds. The summed E-state index contributed by atoms with van der Waals surface area (Å²) in [5.74, 6) is 0. The molecule has 0 N–H and O–H groups in total. The molecule has 12 aromatic rings. The van der Waals surface area contributed by atoms with Gasteiger partial charge in [-0.05, 0) is 107 Å². The lowest BCUT2D eigenvalue weighted by molar-refractivity contribution is 0.589. The molecule has 0 saturated heterocycles. The van der Waals surface area contributed by atoms with Gasteiger partial charge in [0.25, 0.3) is 0 Å². The van der Waals surface area contributed by atoms with E-state index in [2.05, 4.69) is 198 Å². The third kappa shape index (κ3) is 5.41. The van der Waals surface area contributed by atoms with Gasteiger partial charge in [-0.3, -0.25) is 0 Å². The maximum absolute atomic E-state index is 16.6. The molecule has 0 radical (unpaired) electrons. The van der Waals surface area contributed by atoms with Crippen LogP contribution in [0.25, 0.3) is 49.4 Å². The number of rotatable bonds is 5. The molecule has 2 aliphatic heterocycles. The smallest absolute Gasteiger partial charge is 0.171 e. The Morgan fingerprint density at radius 1 is 0.418 bits per heavy atom. The first-order chi connectivity index (χ1) is 33.1. The van der Waals surface area contributed by atoms with Gasteiger partial charge in [-0.25, -0.2) is 0 Å². The molecule has 316 valence electrons. The Morgan fingerprint density at radius 3 is 1.84 bits per heavy atom. The molecule has 0 fully saturated rings. The van der Waals surface area contributed by atoms with Crippen LogP contribution in [0.3, 0.4) is 0 Å². The largest absolute Gasteiger partial charge is 0.456 e. The van der Waals surface area contributed by atoms with Crippen molar-refractivity contribution in [3.63, 3.8) is 0 Å². The van der Waals surface area contributed by atoms with E-state index in [1.165, 1.54) is 26.8 Å². The summed E-state index contributed by atoms with van der Waals surface area (Å²) in [6.07, 6.45) is 0. The van der Waals surface area contributed by atoms with Crippen LogP contribution in [-0.2, 0) is 9.98 Å². The van der Waals surface area contributed by atoms with Crippen LogP contribution in [0.4, 0.5) is 17.1 Å². The molecule has 2 aliphatic rings. The highest BCUT2D eigenvalue weighted by atomic mass is 32.2. The first kappa shape index (κ1) is 38.4. The van der Waals surface area contributed by atoms with Crippen LogP contribution in [0, 0.1) is 0 Å². The highest BCUT2D eigenvalue weighted by Crippen LogP contribution is 2.62. The first-order valence-electron chi connectivity index (χ1n) is 22.7. The lowest BCUT2D eigenvalue weighted by Crippen LogP contribution is -2.48. The lowest BCUT2D eigenvalue weighted by Gasteiger charge is -2.47. The Morgan fingerprint density at radius 2 is 1.04 bits per heavy atom. The van der Waals surface area contributed by atoms with Crippen molar-refractivity contribution in [2.75, 3.05) is 4.90 Å². The summed E-state index contributed by atoms with van der Waals surface area (Å²) in [7, 11) is -3.44. The molecule has 2 atom stereocenters. The van der Waals surface area contributed by atoms with Crippen molar-refractivity contribution >= 4 is 95.6 Å². The van der Waals surface area contributed by atoms with Gasteiger partial charge in [0.2, 0.25) is 0 Å². The van der Waals surface area contributed by atoms with E-state index in [-0.39, 0.29) is 0 Å². The van der Waals surface area contributed by atoms with Crippen molar-refractivity contribution in [3.05, 3.63) is 259 Å². The molecule has 67 heavy (non-hydrogen) atoms. The van der Waals surface area contributed by atoms with Crippen molar-refractivity contribution in [2.24, 2.45) is 0 Å². The Bertz CT molecular complexity index is 3970. The van der Waals surface area contributed by atoms with Crippen molar-refractivity contribution < 1.29 is 8.98 Å². The first-order valence-corrected chi connectivity index (χ1v) is 25.2. The third-order valence-electron chi connectivity index (χ3n) is 14.1. The number of nitrogens with zero attached hydrogens (tertiary/aromatic N) is 2. The molecule has 0 saturated carbocycles. The van der Waals surface area contributed by atoms with E-state index < -0.39 is 12.6 Å². The van der Waals surface area contributed by atoms with Crippen molar-refractivity contribution in [1.29, 1.82) is 0 Å². The topological polar surface area (TPSA) is 38.4 Å². The van der Waals surface area contributed by atoms with Gasteiger partial charge in [-0.15, -0.1) is 0 Å². The summed E-state index contributed by atoms with van der Waals surface area (Å²) < 4.78 is 25.7. The molecule has 4 heterocycles. The van der Waals surface area contributed by atoms with Gasteiger partial charge in [-0.2, -0.15) is 0 Å². The maximum atomic E-state index is 16.6. The average molecular weight is 895 g/mol. The van der Waals surface area contributed by atoms with E-state index in [0.717, 1.165) is 87.7 Å². The van der Waals surface area contributed by atoms with Crippen LogP contribution in [0.1, 0.15) is 22.3 Å². The number of anilines is 3. The predicted octanol–water partition coefficient (Wildman–Crippen LogP) is 15.0. The predicted molar refractivity (Wildman–Crippen MR) is 278 cm³/mol. The molecule has 10 aromatic carbocycles. The van der Waals surface area contributed by atoms with E-state index in [4.69, 9.17) is 4.42 Å². The summed E-state index contributed by atoms with van der Waals surface area (Å²) in [5, 5.41) is 6.93. The number of hydrogen-bond acceptors (Lipinski definition) is 4.